The molecule has 4 aliphatic rings. The molecule has 136 valence electrons. The van der Waals surface area contributed by atoms with Gasteiger partial charge in [-0.25, -0.2) is 0 Å². The summed E-state index contributed by atoms with van der Waals surface area (Å²) in [6, 6.07) is 3.37. The summed E-state index contributed by atoms with van der Waals surface area (Å²) in [6.45, 7) is 2.26. The monoisotopic (exact) mass is 466 g/mol. The Balaban J connectivity index is 1.60. The summed E-state index contributed by atoms with van der Waals surface area (Å²) in [5, 5.41) is 15.2. The number of phenols is 1. The largest absolute Gasteiger partial charge is 0.504 e. The highest BCUT2D eigenvalue weighted by atomic mass is 127. The highest BCUT2D eigenvalue weighted by Gasteiger charge is 2.56. The molecule has 2 amide bonds. The van der Waals surface area contributed by atoms with Crippen molar-refractivity contribution in [3.63, 3.8) is 0 Å². The number of amides is 2. The molecule has 5 rings (SSSR count). The van der Waals surface area contributed by atoms with Crippen molar-refractivity contribution < 1.29 is 19.4 Å². The van der Waals surface area contributed by atoms with Crippen molar-refractivity contribution in [2.75, 3.05) is 6.61 Å². The van der Waals surface area contributed by atoms with Crippen molar-refractivity contribution in [3.05, 3.63) is 33.4 Å². The number of carbonyl (C=O) groups is 2. The maximum atomic E-state index is 12.7. The summed E-state index contributed by atoms with van der Waals surface area (Å²) >= 11 is 2.00. The maximum absolute atomic E-state index is 12.7. The molecule has 1 aliphatic heterocycles. The van der Waals surface area contributed by atoms with Gasteiger partial charge in [0, 0.05) is 0 Å². The standard InChI is InChI=1S/C19H19IN2O4/c1-2-26-14-8-10(7-13(20)17(14)23)9-21-22-18(24)15-11-3-4-12(6-5-11)16(15)19(22)25/h3-4,7-9,11-12,15-16,23H,2,5-6H2,1H3/b21-9-/t11-,12-,15+,16+/m1/s1. The second-order valence-corrected chi connectivity index (χ2v) is 8.02. The Morgan fingerprint density at radius 1 is 1.23 bits per heavy atom. The SMILES string of the molecule is CCOc1cc(/C=N\N2C(=O)[C@@H]3[C@@H](C2=O)[C@@H]2C=C[C@@H]3CC2)cc(I)c1O. The van der Waals surface area contributed by atoms with Crippen molar-refractivity contribution in [2.24, 2.45) is 28.8 Å². The van der Waals surface area contributed by atoms with Crippen LogP contribution in [0.25, 0.3) is 0 Å². The van der Waals surface area contributed by atoms with Crippen LogP contribution in [0.15, 0.2) is 29.4 Å². The third kappa shape index (κ3) is 2.72. The number of hydrogen-bond donors (Lipinski definition) is 1. The molecule has 1 heterocycles. The smallest absolute Gasteiger partial charge is 0.254 e. The lowest BCUT2D eigenvalue weighted by molar-refractivity contribution is -0.140. The van der Waals surface area contributed by atoms with Crippen molar-refractivity contribution in [1.82, 2.24) is 5.01 Å². The molecule has 3 aliphatic carbocycles. The number of nitrogens with zero attached hydrogens (tertiary/aromatic N) is 2. The van der Waals surface area contributed by atoms with E-state index in [-0.39, 0.29) is 41.2 Å². The fourth-order valence-electron chi connectivity index (χ4n) is 4.23. The van der Waals surface area contributed by atoms with Gasteiger partial charge >= 0.3 is 0 Å². The van der Waals surface area contributed by atoms with Crippen LogP contribution in [0.3, 0.4) is 0 Å². The van der Waals surface area contributed by atoms with E-state index < -0.39 is 0 Å². The average Bonchev–Trinajstić information content (AvgIpc) is 2.91. The quantitative estimate of drug-likeness (QED) is 0.321. The van der Waals surface area contributed by atoms with Gasteiger partial charge in [0.1, 0.15) is 0 Å². The molecular formula is C19H19IN2O4. The number of carbonyl (C=O) groups excluding carboxylic acids is 2. The minimum atomic E-state index is -0.262. The van der Waals surface area contributed by atoms with Crippen LogP contribution in [0.1, 0.15) is 25.3 Å². The van der Waals surface area contributed by atoms with Gasteiger partial charge in [0.25, 0.3) is 11.8 Å². The normalized spacial score (nSPS) is 29.7. The molecule has 26 heavy (non-hydrogen) atoms. The van der Waals surface area contributed by atoms with Crippen LogP contribution in [-0.4, -0.2) is 34.8 Å². The highest BCUT2D eigenvalue weighted by Crippen LogP contribution is 2.49. The Hall–Kier alpha value is -1.90. The van der Waals surface area contributed by atoms with Gasteiger partial charge in [-0.15, -0.1) is 0 Å². The molecule has 1 saturated carbocycles. The summed E-state index contributed by atoms with van der Waals surface area (Å²) in [5.41, 5.74) is 0.659. The Morgan fingerprint density at radius 2 is 1.85 bits per heavy atom. The number of aromatic hydroxyl groups is 1. The van der Waals surface area contributed by atoms with Gasteiger partial charge in [0.15, 0.2) is 11.5 Å². The van der Waals surface area contributed by atoms with Crippen LogP contribution in [0.5, 0.6) is 11.5 Å². The van der Waals surface area contributed by atoms with Gasteiger partial charge < -0.3 is 9.84 Å². The van der Waals surface area contributed by atoms with Gasteiger partial charge in [-0.1, -0.05) is 12.2 Å². The topological polar surface area (TPSA) is 79.2 Å². The van der Waals surface area contributed by atoms with Crippen LogP contribution in [0, 0.1) is 27.2 Å². The zero-order chi connectivity index (χ0) is 18.4. The van der Waals surface area contributed by atoms with Crippen molar-refractivity contribution in [3.8, 4) is 11.5 Å². The van der Waals surface area contributed by atoms with E-state index in [1.807, 2.05) is 29.5 Å². The number of phenolic OH excluding ortho intramolecular Hbond substituents is 1. The predicted octanol–water partition coefficient (Wildman–Crippen LogP) is 2.93. The molecule has 1 aromatic carbocycles. The Kier molecular flexibility index (Phi) is 4.50. The van der Waals surface area contributed by atoms with E-state index in [2.05, 4.69) is 17.3 Å². The lowest BCUT2D eigenvalue weighted by Crippen LogP contribution is -2.38. The number of hydrogen-bond acceptors (Lipinski definition) is 5. The van der Waals surface area contributed by atoms with E-state index in [0.717, 1.165) is 17.9 Å². The molecule has 6 nitrogen and oxygen atoms in total. The van der Waals surface area contributed by atoms with E-state index in [4.69, 9.17) is 4.74 Å². The van der Waals surface area contributed by atoms with Crippen LogP contribution in [-0.2, 0) is 9.59 Å². The fraction of sp³-hybridized carbons (Fsp3) is 0.421. The van der Waals surface area contributed by atoms with Crippen molar-refractivity contribution >= 4 is 40.6 Å². The third-order valence-electron chi connectivity index (χ3n) is 5.41. The first-order chi connectivity index (χ1) is 12.5. The molecule has 7 heteroatoms. The van der Waals surface area contributed by atoms with E-state index in [0.29, 0.717) is 21.5 Å². The molecule has 1 aromatic rings. The van der Waals surface area contributed by atoms with E-state index >= 15 is 0 Å². The molecule has 4 atom stereocenters. The van der Waals surface area contributed by atoms with E-state index in [9.17, 15) is 14.7 Å². The fourth-order valence-corrected chi connectivity index (χ4v) is 4.86. The van der Waals surface area contributed by atoms with Crippen LogP contribution >= 0.6 is 22.6 Å². The van der Waals surface area contributed by atoms with Gasteiger partial charge in [-0.2, -0.15) is 10.1 Å². The summed E-state index contributed by atoms with van der Waals surface area (Å²) in [6.07, 6.45) is 7.58. The van der Waals surface area contributed by atoms with Gasteiger partial charge in [0.2, 0.25) is 0 Å². The minimum Gasteiger partial charge on any atom is -0.504 e. The lowest BCUT2D eigenvalue weighted by Gasteiger charge is -2.37. The Labute approximate surface area is 165 Å². The van der Waals surface area contributed by atoms with E-state index in [1.165, 1.54) is 6.21 Å². The molecule has 0 radical (unpaired) electrons. The zero-order valence-electron chi connectivity index (χ0n) is 14.3. The number of hydrazone groups is 1. The molecular weight excluding hydrogens is 447 g/mol. The maximum Gasteiger partial charge on any atom is 0.254 e. The molecule has 2 bridgehead atoms. The number of benzene rings is 1. The second-order valence-electron chi connectivity index (χ2n) is 6.86. The first-order valence-corrected chi connectivity index (χ1v) is 9.84. The number of fused-ring (bicyclic) bond motifs is 1. The summed E-state index contributed by atoms with van der Waals surface area (Å²) in [5.74, 6) is -0.184. The Bertz CT molecular complexity index is 803. The number of rotatable bonds is 4. The lowest BCUT2D eigenvalue weighted by atomic mass is 9.63. The predicted molar refractivity (Wildman–Crippen MR) is 104 cm³/mol. The minimum absolute atomic E-state index is 0.0756. The Morgan fingerprint density at radius 3 is 2.38 bits per heavy atom. The molecule has 1 N–H and O–H groups in total. The summed E-state index contributed by atoms with van der Waals surface area (Å²) < 4.78 is 6.03. The third-order valence-corrected chi connectivity index (χ3v) is 6.23. The number of allylic oxidation sites excluding steroid dienone is 2. The van der Waals surface area contributed by atoms with Gasteiger partial charge in [0.05, 0.1) is 28.2 Å². The first kappa shape index (κ1) is 17.5. The number of imide groups is 1. The van der Waals surface area contributed by atoms with Crippen LogP contribution < -0.4 is 4.74 Å². The molecule has 0 spiro atoms. The molecule has 1 saturated heterocycles. The second kappa shape index (κ2) is 6.68. The summed E-state index contributed by atoms with van der Waals surface area (Å²) in [4.78, 5) is 25.5. The van der Waals surface area contributed by atoms with Gasteiger partial charge in [-0.3, -0.25) is 9.59 Å². The highest BCUT2D eigenvalue weighted by molar-refractivity contribution is 14.1. The summed E-state index contributed by atoms with van der Waals surface area (Å²) in [7, 11) is 0. The zero-order valence-corrected chi connectivity index (χ0v) is 16.4. The van der Waals surface area contributed by atoms with Crippen molar-refractivity contribution in [2.45, 2.75) is 19.8 Å². The van der Waals surface area contributed by atoms with Crippen LogP contribution in [0.4, 0.5) is 0 Å². The number of halogens is 1. The average molecular weight is 466 g/mol. The van der Waals surface area contributed by atoms with Crippen molar-refractivity contribution in [1.29, 1.82) is 0 Å². The molecule has 0 aromatic heterocycles. The number of ether oxygens (including phenoxy) is 1. The first-order valence-electron chi connectivity index (χ1n) is 8.76. The molecule has 2 fully saturated rings. The van der Waals surface area contributed by atoms with Gasteiger partial charge in [-0.05, 0) is 71.9 Å². The molecule has 0 unspecified atom stereocenters. The van der Waals surface area contributed by atoms with Crippen LogP contribution in [0.2, 0.25) is 0 Å². The van der Waals surface area contributed by atoms with E-state index in [1.54, 1.807) is 12.1 Å².